The number of hydrogen-bond donors (Lipinski definition) is 1. The van der Waals surface area contributed by atoms with E-state index in [4.69, 9.17) is 23.2 Å². The molecule has 2 aromatic rings. The lowest BCUT2D eigenvalue weighted by molar-refractivity contribution is -0.137. The maximum atomic E-state index is 12.8. The SMILES string of the molecule is O=C(Nc1cccc(C(F)(F)F)c1)C1(c2ccccc2)CC1(Cl)Cl. The van der Waals surface area contributed by atoms with Crippen LogP contribution in [0.25, 0.3) is 0 Å². The number of carbonyl (C=O) groups is 1. The fraction of sp³-hybridized carbons (Fsp3) is 0.235. The normalized spacial score (nSPS) is 22.0. The molecule has 0 radical (unpaired) electrons. The van der Waals surface area contributed by atoms with Gasteiger partial charge in [-0.1, -0.05) is 36.4 Å². The van der Waals surface area contributed by atoms with Crippen molar-refractivity contribution >= 4 is 34.8 Å². The average molecular weight is 374 g/mol. The molecular formula is C17H12Cl2F3NO. The van der Waals surface area contributed by atoms with Gasteiger partial charge in [-0.2, -0.15) is 13.2 Å². The summed E-state index contributed by atoms with van der Waals surface area (Å²) in [6.07, 6.45) is -4.29. The molecule has 1 N–H and O–H groups in total. The molecular weight excluding hydrogens is 362 g/mol. The molecule has 1 unspecified atom stereocenters. The molecule has 0 aromatic heterocycles. The van der Waals surface area contributed by atoms with Crippen LogP contribution in [0.1, 0.15) is 17.5 Å². The summed E-state index contributed by atoms with van der Waals surface area (Å²) in [5.74, 6) is -0.530. The van der Waals surface area contributed by atoms with Crippen molar-refractivity contribution in [3.8, 4) is 0 Å². The third-order valence-corrected chi connectivity index (χ3v) is 5.00. The Hall–Kier alpha value is -1.72. The van der Waals surface area contributed by atoms with Crippen LogP contribution in [0.15, 0.2) is 54.6 Å². The van der Waals surface area contributed by atoms with Crippen LogP contribution in [0.2, 0.25) is 0 Å². The van der Waals surface area contributed by atoms with E-state index < -0.39 is 27.4 Å². The molecule has 0 aliphatic heterocycles. The lowest BCUT2D eigenvalue weighted by Crippen LogP contribution is -2.32. The molecule has 1 aliphatic carbocycles. The second kappa shape index (κ2) is 5.67. The van der Waals surface area contributed by atoms with Gasteiger partial charge in [-0.15, -0.1) is 23.2 Å². The van der Waals surface area contributed by atoms with Gasteiger partial charge in [0.2, 0.25) is 5.91 Å². The topological polar surface area (TPSA) is 29.1 Å². The number of rotatable bonds is 3. The van der Waals surface area contributed by atoms with Crippen LogP contribution in [0.4, 0.5) is 18.9 Å². The molecule has 1 saturated carbocycles. The molecule has 3 rings (SSSR count). The number of nitrogens with one attached hydrogen (secondary N) is 1. The Morgan fingerprint density at radius 1 is 1.04 bits per heavy atom. The van der Waals surface area contributed by atoms with Crippen LogP contribution in [0.5, 0.6) is 0 Å². The van der Waals surface area contributed by atoms with Crippen LogP contribution in [-0.4, -0.2) is 10.2 Å². The van der Waals surface area contributed by atoms with Crippen LogP contribution in [0.3, 0.4) is 0 Å². The minimum atomic E-state index is -4.49. The van der Waals surface area contributed by atoms with Crippen molar-refractivity contribution in [3.63, 3.8) is 0 Å². The van der Waals surface area contributed by atoms with Gasteiger partial charge in [-0.3, -0.25) is 4.79 Å². The highest BCUT2D eigenvalue weighted by atomic mass is 35.5. The third kappa shape index (κ3) is 2.87. The van der Waals surface area contributed by atoms with Crippen LogP contribution in [-0.2, 0) is 16.4 Å². The Labute approximate surface area is 146 Å². The number of hydrogen-bond acceptors (Lipinski definition) is 1. The Bertz CT molecular complexity index is 777. The summed E-state index contributed by atoms with van der Waals surface area (Å²) in [4.78, 5) is 12.7. The summed E-state index contributed by atoms with van der Waals surface area (Å²) >= 11 is 12.4. The summed E-state index contributed by atoms with van der Waals surface area (Å²) in [5.41, 5.74) is -1.35. The Morgan fingerprint density at radius 2 is 1.67 bits per heavy atom. The third-order valence-electron chi connectivity index (χ3n) is 4.09. The quantitative estimate of drug-likeness (QED) is 0.739. The zero-order valence-electron chi connectivity index (χ0n) is 12.2. The molecule has 2 aromatic carbocycles. The van der Waals surface area contributed by atoms with E-state index >= 15 is 0 Å². The van der Waals surface area contributed by atoms with E-state index in [-0.39, 0.29) is 12.1 Å². The van der Waals surface area contributed by atoms with E-state index in [0.717, 1.165) is 12.1 Å². The second-order valence-electron chi connectivity index (χ2n) is 5.69. The highest BCUT2D eigenvalue weighted by molar-refractivity contribution is 6.54. The number of alkyl halides is 5. The van der Waals surface area contributed by atoms with Crippen LogP contribution < -0.4 is 5.32 Å². The van der Waals surface area contributed by atoms with Gasteiger partial charge in [0.15, 0.2) is 0 Å². The molecule has 0 heterocycles. The smallest absolute Gasteiger partial charge is 0.325 e. The lowest BCUT2D eigenvalue weighted by atomic mass is 9.94. The number of carbonyl (C=O) groups excluding carboxylic acids is 1. The molecule has 1 aliphatic rings. The average Bonchev–Trinajstić information content (AvgIpc) is 3.12. The highest BCUT2D eigenvalue weighted by Crippen LogP contribution is 2.65. The molecule has 1 fully saturated rings. The minimum absolute atomic E-state index is 0.0427. The van der Waals surface area contributed by atoms with Gasteiger partial charge >= 0.3 is 6.18 Å². The molecule has 0 bridgehead atoms. The van der Waals surface area contributed by atoms with Crippen molar-refractivity contribution in [2.45, 2.75) is 22.3 Å². The van der Waals surface area contributed by atoms with E-state index in [1.54, 1.807) is 30.3 Å². The van der Waals surface area contributed by atoms with Gasteiger partial charge in [0.25, 0.3) is 0 Å². The molecule has 7 heteroatoms. The van der Waals surface area contributed by atoms with E-state index in [0.29, 0.717) is 5.56 Å². The first-order valence-corrected chi connectivity index (χ1v) is 7.84. The highest BCUT2D eigenvalue weighted by Gasteiger charge is 2.72. The van der Waals surface area contributed by atoms with E-state index in [2.05, 4.69) is 5.32 Å². The summed E-state index contributed by atoms with van der Waals surface area (Å²) in [5, 5.41) is 2.50. The lowest BCUT2D eigenvalue weighted by Gasteiger charge is -2.19. The van der Waals surface area contributed by atoms with Gasteiger partial charge in [0.1, 0.15) is 9.75 Å². The maximum absolute atomic E-state index is 12.8. The van der Waals surface area contributed by atoms with E-state index in [1.165, 1.54) is 12.1 Å². The predicted molar refractivity (Wildman–Crippen MR) is 87.2 cm³/mol. The zero-order chi connectivity index (χ0) is 17.6. The van der Waals surface area contributed by atoms with Gasteiger partial charge < -0.3 is 5.32 Å². The van der Waals surface area contributed by atoms with Crippen molar-refractivity contribution < 1.29 is 18.0 Å². The van der Waals surface area contributed by atoms with E-state index in [1.807, 2.05) is 0 Å². The monoisotopic (exact) mass is 373 g/mol. The Morgan fingerprint density at radius 3 is 2.21 bits per heavy atom. The maximum Gasteiger partial charge on any atom is 0.416 e. The summed E-state index contributed by atoms with van der Waals surface area (Å²) in [6.45, 7) is 0. The molecule has 0 saturated heterocycles. The minimum Gasteiger partial charge on any atom is -0.325 e. The molecule has 0 spiro atoms. The first kappa shape index (κ1) is 17.1. The summed E-state index contributed by atoms with van der Waals surface area (Å²) < 4.78 is 37.1. The molecule has 1 amide bonds. The van der Waals surface area contributed by atoms with Crippen LogP contribution in [0, 0.1) is 0 Å². The second-order valence-corrected chi connectivity index (χ2v) is 7.17. The Kier molecular flexibility index (Phi) is 4.04. The largest absolute Gasteiger partial charge is 0.416 e. The fourth-order valence-corrected chi connectivity index (χ4v) is 3.50. The zero-order valence-corrected chi connectivity index (χ0v) is 13.7. The first-order chi connectivity index (χ1) is 11.2. The van der Waals surface area contributed by atoms with Crippen molar-refractivity contribution in [1.29, 1.82) is 0 Å². The summed E-state index contributed by atoms with van der Waals surface area (Å²) in [7, 11) is 0. The van der Waals surface area contributed by atoms with Gasteiger partial charge in [-0.25, -0.2) is 0 Å². The van der Waals surface area contributed by atoms with Crippen molar-refractivity contribution in [2.24, 2.45) is 0 Å². The Balaban J connectivity index is 1.90. The standard InChI is InChI=1S/C17H12Cl2F3NO/c18-16(19)10-15(16,11-5-2-1-3-6-11)14(24)23-13-8-4-7-12(9-13)17(20,21)22/h1-9H,10H2,(H,23,24). The van der Waals surface area contributed by atoms with Gasteiger partial charge in [0.05, 0.1) is 5.56 Å². The molecule has 24 heavy (non-hydrogen) atoms. The summed E-state index contributed by atoms with van der Waals surface area (Å²) in [6, 6.07) is 13.2. The first-order valence-electron chi connectivity index (χ1n) is 7.09. The number of halogens is 5. The van der Waals surface area contributed by atoms with Crippen LogP contribution >= 0.6 is 23.2 Å². The van der Waals surface area contributed by atoms with E-state index in [9.17, 15) is 18.0 Å². The number of benzene rings is 2. The van der Waals surface area contributed by atoms with Crippen molar-refractivity contribution in [2.75, 3.05) is 5.32 Å². The number of anilines is 1. The fourth-order valence-electron chi connectivity index (χ4n) is 2.71. The van der Waals surface area contributed by atoms with Gasteiger partial charge in [-0.05, 0) is 23.8 Å². The molecule has 126 valence electrons. The molecule has 2 nitrogen and oxygen atoms in total. The molecule has 1 atom stereocenters. The van der Waals surface area contributed by atoms with Gasteiger partial charge in [0, 0.05) is 12.1 Å². The van der Waals surface area contributed by atoms with Crippen molar-refractivity contribution in [1.82, 2.24) is 0 Å². The number of amides is 1. The van der Waals surface area contributed by atoms with Crippen molar-refractivity contribution in [3.05, 3.63) is 65.7 Å². The predicted octanol–water partition coefficient (Wildman–Crippen LogP) is 5.16.